The van der Waals surface area contributed by atoms with Crippen molar-refractivity contribution >= 4 is 21.6 Å². The zero-order chi connectivity index (χ0) is 15.0. The molecule has 0 aromatic carbocycles. The second kappa shape index (κ2) is 8.89. The Kier molecular flexibility index (Phi) is 7.50. The fourth-order valence-electron chi connectivity index (χ4n) is 1.58. The normalized spacial score (nSPS) is 10.8. The molecule has 0 amide bonds. The number of hydrogen-bond acceptors (Lipinski definition) is 5. The van der Waals surface area contributed by atoms with Gasteiger partial charge in [0.15, 0.2) is 0 Å². The van der Waals surface area contributed by atoms with Gasteiger partial charge in [-0.3, -0.25) is 4.79 Å². The molecule has 112 valence electrons. The van der Waals surface area contributed by atoms with Crippen molar-refractivity contribution < 1.29 is 4.74 Å². The summed E-state index contributed by atoms with van der Waals surface area (Å²) in [6.45, 7) is 7.16. The van der Waals surface area contributed by atoms with Crippen LogP contribution in [0.5, 0.6) is 0 Å². The quantitative estimate of drug-likeness (QED) is 0.681. The summed E-state index contributed by atoms with van der Waals surface area (Å²) in [7, 11) is 3.71. The Morgan fingerprint density at radius 2 is 2.35 bits per heavy atom. The summed E-state index contributed by atoms with van der Waals surface area (Å²) >= 11 is 3.31. The van der Waals surface area contributed by atoms with Crippen LogP contribution >= 0.6 is 15.9 Å². The molecule has 0 aliphatic rings. The van der Waals surface area contributed by atoms with Crippen LogP contribution in [0.4, 0.5) is 5.69 Å². The average molecular weight is 345 g/mol. The molecule has 0 saturated carbocycles. The molecule has 0 atom stereocenters. The van der Waals surface area contributed by atoms with Gasteiger partial charge < -0.3 is 15.0 Å². The lowest BCUT2D eigenvalue weighted by atomic mass is 10.4. The molecular weight excluding hydrogens is 324 g/mol. The average Bonchev–Trinajstić information content (AvgIpc) is 2.44. The van der Waals surface area contributed by atoms with Crippen molar-refractivity contribution in [2.45, 2.75) is 6.54 Å². The van der Waals surface area contributed by atoms with Crippen LogP contribution in [0.1, 0.15) is 0 Å². The fourth-order valence-corrected chi connectivity index (χ4v) is 2.03. The minimum Gasteiger partial charge on any atom is -0.383 e. The second-order valence-corrected chi connectivity index (χ2v) is 5.16. The first-order valence-electron chi connectivity index (χ1n) is 6.38. The van der Waals surface area contributed by atoms with Gasteiger partial charge in [0, 0.05) is 26.7 Å². The number of hydrogen-bond donors (Lipinski definition) is 1. The van der Waals surface area contributed by atoms with Crippen LogP contribution in [-0.2, 0) is 11.3 Å². The van der Waals surface area contributed by atoms with E-state index in [1.165, 1.54) is 4.68 Å². The standard InChI is InChI=1S/C13H21BrN4O2/c1-4-6-18-13(19)12(14)11(10-16-18)15-5-7-17(2)8-9-20-3/h4,10,15H,1,5-9H2,2-3H3. The molecule has 1 rings (SSSR count). The molecule has 7 heteroatoms. The molecule has 0 fully saturated rings. The van der Waals surface area contributed by atoms with Crippen LogP contribution < -0.4 is 10.9 Å². The molecule has 0 bridgehead atoms. The van der Waals surface area contributed by atoms with Gasteiger partial charge in [0.2, 0.25) is 0 Å². The summed E-state index contributed by atoms with van der Waals surface area (Å²) < 4.78 is 6.86. The first-order chi connectivity index (χ1) is 9.60. The molecule has 1 N–H and O–H groups in total. The second-order valence-electron chi connectivity index (χ2n) is 4.37. The maximum atomic E-state index is 12.0. The molecule has 0 unspecified atom stereocenters. The van der Waals surface area contributed by atoms with E-state index in [0.717, 1.165) is 19.6 Å². The van der Waals surface area contributed by atoms with E-state index in [1.807, 2.05) is 7.05 Å². The fraction of sp³-hybridized carbons (Fsp3) is 0.538. The maximum absolute atomic E-state index is 12.0. The van der Waals surface area contributed by atoms with Crippen molar-refractivity contribution in [2.75, 3.05) is 45.7 Å². The van der Waals surface area contributed by atoms with Crippen LogP contribution in [0.3, 0.4) is 0 Å². The van der Waals surface area contributed by atoms with E-state index < -0.39 is 0 Å². The number of methoxy groups -OCH3 is 1. The van der Waals surface area contributed by atoms with Crippen LogP contribution in [0.25, 0.3) is 0 Å². The van der Waals surface area contributed by atoms with E-state index >= 15 is 0 Å². The monoisotopic (exact) mass is 344 g/mol. The lowest BCUT2D eigenvalue weighted by molar-refractivity contribution is 0.163. The Labute approximate surface area is 127 Å². The third-order valence-electron chi connectivity index (χ3n) is 2.77. The van der Waals surface area contributed by atoms with Gasteiger partial charge in [-0.05, 0) is 23.0 Å². The summed E-state index contributed by atoms with van der Waals surface area (Å²) in [6.07, 6.45) is 3.28. The van der Waals surface area contributed by atoms with Gasteiger partial charge in [-0.1, -0.05) is 6.08 Å². The van der Waals surface area contributed by atoms with E-state index in [-0.39, 0.29) is 5.56 Å². The van der Waals surface area contributed by atoms with Gasteiger partial charge in [-0.25, -0.2) is 4.68 Å². The zero-order valence-electron chi connectivity index (χ0n) is 11.9. The molecule has 0 saturated heterocycles. The Bertz CT molecular complexity index is 490. The van der Waals surface area contributed by atoms with Crippen molar-refractivity contribution in [2.24, 2.45) is 0 Å². The Morgan fingerprint density at radius 3 is 3.00 bits per heavy atom. The Balaban J connectivity index is 2.54. The van der Waals surface area contributed by atoms with E-state index in [9.17, 15) is 4.79 Å². The third-order valence-corrected chi connectivity index (χ3v) is 3.54. The molecule has 0 spiro atoms. The van der Waals surface area contributed by atoms with Crippen LogP contribution in [-0.4, -0.2) is 55.1 Å². The van der Waals surface area contributed by atoms with Crippen molar-refractivity contribution in [3.63, 3.8) is 0 Å². The predicted octanol–water partition coefficient (Wildman–Crippen LogP) is 1.18. The number of likely N-dealkylation sites (N-methyl/N-ethyl adjacent to an activating group) is 1. The van der Waals surface area contributed by atoms with Crippen molar-refractivity contribution in [3.8, 4) is 0 Å². The van der Waals surface area contributed by atoms with Gasteiger partial charge in [0.25, 0.3) is 5.56 Å². The Hall–Kier alpha value is -1.18. The molecule has 20 heavy (non-hydrogen) atoms. The molecule has 0 aliphatic carbocycles. The number of ether oxygens (including phenoxy) is 1. The number of halogens is 1. The first-order valence-corrected chi connectivity index (χ1v) is 7.17. The van der Waals surface area contributed by atoms with E-state index in [1.54, 1.807) is 19.4 Å². The lowest BCUT2D eigenvalue weighted by Crippen LogP contribution is -2.29. The topological polar surface area (TPSA) is 59.4 Å². The summed E-state index contributed by atoms with van der Waals surface area (Å²) in [5, 5.41) is 7.28. The van der Waals surface area contributed by atoms with Crippen LogP contribution in [0, 0.1) is 0 Å². The van der Waals surface area contributed by atoms with Gasteiger partial charge in [-0.15, -0.1) is 6.58 Å². The van der Waals surface area contributed by atoms with Crippen LogP contribution in [0.2, 0.25) is 0 Å². The number of nitrogens with zero attached hydrogens (tertiary/aromatic N) is 3. The van der Waals surface area contributed by atoms with Gasteiger partial charge in [0.1, 0.15) is 4.47 Å². The number of aromatic nitrogens is 2. The van der Waals surface area contributed by atoms with E-state index in [2.05, 4.69) is 37.8 Å². The van der Waals surface area contributed by atoms with Gasteiger partial charge in [-0.2, -0.15) is 5.10 Å². The molecular formula is C13H21BrN4O2. The maximum Gasteiger partial charge on any atom is 0.283 e. The number of nitrogens with one attached hydrogen (secondary N) is 1. The smallest absolute Gasteiger partial charge is 0.283 e. The molecule has 1 aromatic rings. The highest BCUT2D eigenvalue weighted by Crippen LogP contribution is 2.15. The highest BCUT2D eigenvalue weighted by atomic mass is 79.9. The van der Waals surface area contributed by atoms with E-state index in [4.69, 9.17) is 4.74 Å². The molecule has 1 aromatic heterocycles. The highest BCUT2D eigenvalue weighted by Gasteiger charge is 2.07. The van der Waals surface area contributed by atoms with Gasteiger partial charge >= 0.3 is 0 Å². The van der Waals surface area contributed by atoms with Crippen molar-refractivity contribution in [1.82, 2.24) is 14.7 Å². The predicted molar refractivity (Wildman–Crippen MR) is 84.3 cm³/mol. The Morgan fingerprint density at radius 1 is 1.60 bits per heavy atom. The van der Waals surface area contributed by atoms with Gasteiger partial charge in [0.05, 0.1) is 25.0 Å². The van der Waals surface area contributed by atoms with E-state index in [0.29, 0.717) is 23.3 Å². The minimum absolute atomic E-state index is 0.164. The number of allylic oxidation sites excluding steroid dienone is 1. The van der Waals surface area contributed by atoms with Crippen molar-refractivity contribution in [3.05, 3.63) is 33.7 Å². The highest BCUT2D eigenvalue weighted by molar-refractivity contribution is 9.10. The molecule has 0 aliphatic heterocycles. The number of anilines is 1. The minimum atomic E-state index is -0.164. The molecule has 0 radical (unpaired) electrons. The number of rotatable bonds is 9. The van der Waals surface area contributed by atoms with Crippen molar-refractivity contribution in [1.29, 1.82) is 0 Å². The summed E-state index contributed by atoms with van der Waals surface area (Å²) in [6, 6.07) is 0. The zero-order valence-corrected chi connectivity index (χ0v) is 13.5. The van der Waals surface area contributed by atoms with Crippen LogP contribution in [0.15, 0.2) is 28.1 Å². The summed E-state index contributed by atoms with van der Waals surface area (Å²) in [4.78, 5) is 14.1. The largest absolute Gasteiger partial charge is 0.383 e. The summed E-state index contributed by atoms with van der Waals surface area (Å²) in [5.41, 5.74) is 0.540. The summed E-state index contributed by atoms with van der Waals surface area (Å²) in [5.74, 6) is 0. The lowest BCUT2D eigenvalue weighted by Gasteiger charge is -2.17. The molecule has 6 nitrogen and oxygen atoms in total. The molecule has 1 heterocycles. The first kappa shape index (κ1) is 16.9. The third kappa shape index (κ3) is 5.07. The SMILES string of the molecule is C=CCn1ncc(NCCN(C)CCOC)c(Br)c1=O.